The van der Waals surface area contributed by atoms with E-state index < -0.39 is 5.63 Å². The van der Waals surface area contributed by atoms with E-state index in [2.05, 4.69) is 15.1 Å². The Labute approximate surface area is 102 Å². The SMILES string of the molecule is COc1ccc(NC(=O)C[n+]2cc(=O)o[nH]2)cc1. The number of aromatic amines is 1. The van der Waals surface area contributed by atoms with Crippen LogP contribution in [-0.4, -0.2) is 18.3 Å². The molecule has 2 N–H and O–H groups in total. The van der Waals surface area contributed by atoms with Crippen LogP contribution in [0.2, 0.25) is 0 Å². The number of carbonyl (C=O) groups excluding carboxylic acids is 1. The maximum absolute atomic E-state index is 11.6. The lowest BCUT2D eigenvalue weighted by Gasteiger charge is -2.03. The number of carbonyl (C=O) groups is 1. The lowest BCUT2D eigenvalue weighted by Crippen LogP contribution is -2.41. The molecular formula is C11H12N3O4+. The normalized spacial score (nSPS) is 10.1. The van der Waals surface area contributed by atoms with Gasteiger partial charge < -0.3 is 10.1 Å². The van der Waals surface area contributed by atoms with E-state index >= 15 is 0 Å². The molecule has 0 aliphatic rings. The van der Waals surface area contributed by atoms with Crippen LogP contribution < -0.4 is 20.4 Å². The largest absolute Gasteiger partial charge is 0.497 e. The molecule has 1 aromatic heterocycles. The molecule has 0 bridgehead atoms. The number of rotatable bonds is 4. The van der Waals surface area contributed by atoms with Crippen LogP contribution in [0.5, 0.6) is 5.75 Å². The molecule has 94 valence electrons. The van der Waals surface area contributed by atoms with Crippen molar-refractivity contribution in [3.05, 3.63) is 40.9 Å². The molecule has 2 rings (SSSR count). The van der Waals surface area contributed by atoms with Crippen molar-refractivity contribution < 1.29 is 18.7 Å². The summed E-state index contributed by atoms with van der Waals surface area (Å²) in [6.45, 7) is -0.0300. The van der Waals surface area contributed by atoms with Gasteiger partial charge in [-0.15, -0.1) is 0 Å². The highest BCUT2D eigenvalue weighted by Gasteiger charge is 2.12. The summed E-state index contributed by atoms with van der Waals surface area (Å²) in [5.74, 6) is 0.434. The molecule has 7 heteroatoms. The van der Waals surface area contributed by atoms with E-state index in [0.29, 0.717) is 11.4 Å². The number of anilines is 1. The molecule has 1 aromatic carbocycles. The third kappa shape index (κ3) is 2.97. The molecule has 0 radical (unpaired) electrons. The van der Waals surface area contributed by atoms with Crippen molar-refractivity contribution in [2.24, 2.45) is 0 Å². The van der Waals surface area contributed by atoms with Crippen molar-refractivity contribution in [3.8, 4) is 5.75 Å². The Morgan fingerprint density at radius 3 is 2.72 bits per heavy atom. The van der Waals surface area contributed by atoms with E-state index in [1.807, 2.05) is 0 Å². The highest BCUT2D eigenvalue weighted by atomic mass is 16.5. The molecule has 0 aliphatic carbocycles. The zero-order valence-corrected chi connectivity index (χ0v) is 9.67. The molecule has 2 aromatic rings. The van der Waals surface area contributed by atoms with Crippen molar-refractivity contribution in [2.45, 2.75) is 6.54 Å². The summed E-state index contributed by atoms with van der Waals surface area (Å²) in [7, 11) is 1.57. The summed E-state index contributed by atoms with van der Waals surface area (Å²) in [6.07, 6.45) is 1.16. The molecule has 1 amide bonds. The third-order valence-corrected chi connectivity index (χ3v) is 2.21. The van der Waals surface area contributed by atoms with Gasteiger partial charge in [-0.1, -0.05) is 4.68 Å². The van der Waals surface area contributed by atoms with Crippen molar-refractivity contribution in [1.82, 2.24) is 5.27 Å². The van der Waals surface area contributed by atoms with Crippen molar-refractivity contribution >= 4 is 11.6 Å². The molecule has 0 atom stereocenters. The fraction of sp³-hybridized carbons (Fsp3) is 0.182. The first-order chi connectivity index (χ1) is 8.67. The third-order valence-electron chi connectivity index (χ3n) is 2.21. The molecule has 1 heterocycles. The van der Waals surface area contributed by atoms with Gasteiger partial charge in [0.25, 0.3) is 18.6 Å². The monoisotopic (exact) mass is 250 g/mol. The topological polar surface area (TPSA) is 88.2 Å². The predicted molar refractivity (Wildman–Crippen MR) is 61.1 cm³/mol. The van der Waals surface area contributed by atoms with E-state index in [4.69, 9.17) is 4.74 Å². The van der Waals surface area contributed by atoms with Gasteiger partial charge in [0.2, 0.25) is 0 Å². The van der Waals surface area contributed by atoms with E-state index in [-0.39, 0.29) is 12.5 Å². The van der Waals surface area contributed by atoms with Crippen LogP contribution in [0.3, 0.4) is 0 Å². The molecule has 0 saturated heterocycles. The van der Waals surface area contributed by atoms with E-state index in [1.54, 1.807) is 31.4 Å². The molecular weight excluding hydrogens is 238 g/mol. The summed E-state index contributed by atoms with van der Waals surface area (Å²) in [5, 5.41) is 4.96. The van der Waals surface area contributed by atoms with Crippen LogP contribution in [-0.2, 0) is 11.3 Å². The van der Waals surface area contributed by atoms with Gasteiger partial charge in [0.15, 0.2) is 0 Å². The Morgan fingerprint density at radius 1 is 1.44 bits per heavy atom. The summed E-state index contributed by atoms with van der Waals surface area (Å²) in [6, 6.07) is 6.92. The number of hydrogen-bond donors (Lipinski definition) is 2. The van der Waals surface area contributed by atoms with Crippen molar-refractivity contribution in [1.29, 1.82) is 0 Å². The maximum Gasteiger partial charge on any atom is 0.426 e. The molecule has 0 unspecified atom stereocenters. The van der Waals surface area contributed by atoms with Gasteiger partial charge in [0, 0.05) is 5.69 Å². The minimum atomic E-state index is -0.535. The Morgan fingerprint density at radius 2 is 2.17 bits per heavy atom. The first-order valence-corrected chi connectivity index (χ1v) is 5.19. The summed E-state index contributed by atoms with van der Waals surface area (Å²) >= 11 is 0. The molecule has 18 heavy (non-hydrogen) atoms. The number of benzene rings is 1. The minimum Gasteiger partial charge on any atom is -0.497 e. The van der Waals surface area contributed by atoms with E-state index in [9.17, 15) is 9.59 Å². The number of hydrogen-bond acceptors (Lipinski definition) is 4. The molecule has 0 spiro atoms. The maximum atomic E-state index is 11.6. The van der Waals surface area contributed by atoms with Gasteiger partial charge in [0.05, 0.1) is 7.11 Å². The van der Waals surface area contributed by atoms with Crippen LogP contribution in [0.25, 0.3) is 0 Å². The standard InChI is InChI=1S/C11H11N3O4/c1-17-9-4-2-8(3-5-9)12-10(15)6-14-7-11(16)18-13-14/h2-5,7H,6H2,1H3,(H-,12,13,15,16)/p+1. The molecule has 7 nitrogen and oxygen atoms in total. The molecule has 0 saturated carbocycles. The lowest BCUT2D eigenvalue weighted by molar-refractivity contribution is -0.750. The molecule has 0 aliphatic heterocycles. The Bertz CT molecular complexity index is 585. The zero-order chi connectivity index (χ0) is 13.0. The van der Waals surface area contributed by atoms with Gasteiger partial charge in [-0.3, -0.25) is 9.32 Å². The number of aromatic nitrogens is 2. The zero-order valence-electron chi connectivity index (χ0n) is 9.67. The summed E-state index contributed by atoms with van der Waals surface area (Å²) < 4.78 is 10.7. The van der Waals surface area contributed by atoms with Gasteiger partial charge in [-0.2, -0.15) is 0 Å². The Kier molecular flexibility index (Phi) is 3.42. The van der Waals surface area contributed by atoms with Gasteiger partial charge in [0.1, 0.15) is 5.75 Å². The minimum absolute atomic E-state index is 0.0300. The number of nitrogens with one attached hydrogen (secondary N) is 2. The summed E-state index contributed by atoms with van der Waals surface area (Å²) in [5.41, 5.74) is 0.111. The first-order valence-electron chi connectivity index (χ1n) is 5.19. The number of ether oxygens (including phenoxy) is 1. The van der Waals surface area contributed by atoms with Crippen molar-refractivity contribution in [3.63, 3.8) is 0 Å². The van der Waals surface area contributed by atoms with Crippen LogP contribution in [0.15, 0.2) is 39.8 Å². The fourth-order valence-electron chi connectivity index (χ4n) is 1.39. The average Bonchev–Trinajstić information content (AvgIpc) is 2.75. The lowest BCUT2D eigenvalue weighted by atomic mass is 10.3. The second-order valence-corrected chi connectivity index (χ2v) is 3.55. The van der Waals surface area contributed by atoms with Gasteiger partial charge in [-0.05, 0) is 29.5 Å². The first kappa shape index (κ1) is 11.9. The number of amides is 1. The summed E-state index contributed by atoms with van der Waals surface area (Å²) in [4.78, 5) is 22.4. The predicted octanol–water partition coefficient (Wildman–Crippen LogP) is -0.0973. The average molecular weight is 250 g/mol. The smallest absolute Gasteiger partial charge is 0.426 e. The van der Waals surface area contributed by atoms with Crippen molar-refractivity contribution in [2.75, 3.05) is 12.4 Å². The van der Waals surface area contributed by atoms with Crippen LogP contribution >= 0.6 is 0 Å². The van der Waals surface area contributed by atoms with Gasteiger partial charge in [-0.25, -0.2) is 4.79 Å². The number of methoxy groups -OCH3 is 1. The highest BCUT2D eigenvalue weighted by molar-refractivity contribution is 5.89. The molecule has 0 fully saturated rings. The van der Waals surface area contributed by atoms with E-state index in [1.165, 1.54) is 4.68 Å². The Hall–Kier alpha value is -2.57. The van der Waals surface area contributed by atoms with Crippen LogP contribution in [0, 0.1) is 0 Å². The second kappa shape index (κ2) is 5.17. The van der Waals surface area contributed by atoms with Crippen LogP contribution in [0.4, 0.5) is 5.69 Å². The fourth-order valence-corrected chi connectivity index (χ4v) is 1.39. The second-order valence-electron chi connectivity index (χ2n) is 3.55. The highest BCUT2D eigenvalue weighted by Crippen LogP contribution is 2.14. The van der Waals surface area contributed by atoms with Gasteiger partial charge >= 0.3 is 5.63 Å². The number of H-pyrrole nitrogens is 1. The number of nitrogens with zero attached hydrogens (tertiary/aromatic N) is 1. The van der Waals surface area contributed by atoms with Crippen LogP contribution in [0.1, 0.15) is 0 Å². The quantitative estimate of drug-likeness (QED) is 0.742. The van der Waals surface area contributed by atoms with E-state index in [0.717, 1.165) is 6.20 Å². The Balaban J connectivity index is 1.96.